The Kier molecular flexibility index (Phi) is 5.95. The van der Waals surface area contributed by atoms with Gasteiger partial charge >= 0.3 is 0 Å². The minimum absolute atomic E-state index is 0.0262. The van der Waals surface area contributed by atoms with Gasteiger partial charge in [-0.2, -0.15) is 0 Å². The molecule has 0 saturated carbocycles. The van der Waals surface area contributed by atoms with Crippen LogP contribution in [0.15, 0.2) is 60.7 Å². The fourth-order valence-electron chi connectivity index (χ4n) is 3.68. The van der Waals surface area contributed by atoms with Crippen molar-refractivity contribution >= 4 is 34.5 Å². The molecule has 1 saturated heterocycles. The van der Waals surface area contributed by atoms with E-state index in [2.05, 4.69) is 22.1 Å². The van der Waals surface area contributed by atoms with Crippen LogP contribution in [0.5, 0.6) is 0 Å². The van der Waals surface area contributed by atoms with Crippen LogP contribution >= 0.6 is 0 Å². The van der Waals surface area contributed by atoms with E-state index in [1.54, 1.807) is 6.08 Å². The number of likely N-dealkylation sites (N-methyl/N-ethyl adjacent to an activating group) is 1. The van der Waals surface area contributed by atoms with Crippen molar-refractivity contribution in [1.29, 1.82) is 0 Å². The first-order chi connectivity index (χ1) is 14.6. The Morgan fingerprint density at radius 2 is 1.80 bits per heavy atom. The molecule has 1 aliphatic heterocycles. The molecule has 1 aliphatic rings. The molecule has 0 bridgehead atoms. The van der Waals surface area contributed by atoms with Gasteiger partial charge in [-0.15, -0.1) is 0 Å². The number of rotatable bonds is 5. The number of carbonyl (C=O) groups is 2. The third-order valence-electron chi connectivity index (χ3n) is 5.45. The van der Waals surface area contributed by atoms with E-state index in [0.29, 0.717) is 11.4 Å². The number of carbonyl (C=O) groups excluding carboxylic acids is 2. The maximum atomic E-state index is 12.8. The SMILES string of the molecule is CCN1CCN(C(=O)c2cc3cc(NC(=O)/C=C/c4ccccc4)ccc3[nH]2)CC1. The van der Waals surface area contributed by atoms with Gasteiger partial charge in [0.15, 0.2) is 0 Å². The summed E-state index contributed by atoms with van der Waals surface area (Å²) in [5.41, 5.74) is 3.13. The molecule has 2 N–H and O–H groups in total. The van der Waals surface area contributed by atoms with Crippen LogP contribution in [-0.2, 0) is 4.79 Å². The van der Waals surface area contributed by atoms with Crippen molar-refractivity contribution in [2.75, 3.05) is 38.0 Å². The number of H-pyrrole nitrogens is 1. The van der Waals surface area contributed by atoms with Crippen LogP contribution in [-0.4, -0.2) is 59.3 Å². The average molecular weight is 402 g/mol. The Morgan fingerprint density at radius 3 is 2.53 bits per heavy atom. The van der Waals surface area contributed by atoms with Gasteiger partial charge < -0.3 is 20.1 Å². The van der Waals surface area contributed by atoms with E-state index in [1.807, 2.05) is 59.5 Å². The number of hydrogen-bond acceptors (Lipinski definition) is 3. The third-order valence-corrected chi connectivity index (χ3v) is 5.45. The summed E-state index contributed by atoms with van der Waals surface area (Å²) in [7, 11) is 0. The zero-order valence-electron chi connectivity index (χ0n) is 17.1. The number of hydrogen-bond donors (Lipinski definition) is 2. The Balaban J connectivity index is 1.43. The summed E-state index contributed by atoms with van der Waals surface area (Å²) in [6.45, 7) is 6.48. The number of amides is 2. The smallest absolute Gasteiger partial charge is 0.270 e. The van der Waals surface area contributed by atoms with Gasteiger partial charge in [0.05, 0.1) is 0 Å². The van der Waals surface area contributed by atoms with Gasteiger partial charge in [0, 0.05) is 48.8 Å². The third kappa shape index (κ3) is 4.60. The topological polar surface area (TPSA) is 68.4 Å². The molecule has 0 atom stereocenters. The predicted molar refractivity (Wildman–Crippen MR) is 120 cm³/mol. The number of aromatic amines is 1. The van der Waals surface area contributed by atoms with Crippen molar-refractivity contribution in [1.82, 2.24) is 14.8 Å². The zero-order chi connectivity index (χ0) is 20.9. The molecule has 30 heavy (non-hydrogen) atoms. The van der Waals surface area contributed by atoms with Gasteiger partial charge in [0.25, 0.3) is 5.91 Å². The van der Waals surface area contributed by atoms with Crippen molar-refractivity contribution in [3.05, 3.63) is 71.9 Å². The molecule has 1 fully saturated rings. The molecule has 0 radical (unpaired) electrons. The molecule has 0 aliphatic carbocycles. The van der Waals surface area contributed by atoms with Crippen molar-refractivity contribution in [2.24, 2.45) is 0 Å². The predicted octanol–water partition coefficient (Wildman–Crippen LogP) is 3.60. The molecular formula is C24H26N4O2. The number of anilines is 1. The molecule has 2 heterocycles. The first-order valence-corrected chi connectivity index (χ1v) is 10.3. The van der Waals surface area contributed by atoms with Crippen molar-refractivity contribution < 1.29 is 9.59 Å². The summed E-state index contributed by atoms with van der Waals surface area (Å²) >= 11 is 0. The summed E-state index contributed by atoms with van der Waals surface area (Å²) in [6, 6.07) is 17.1. The number of aromatic nitrogens is 1. The summed E-state index contributed by atoms with van der Waals surface area (Å²) < 4.78 is 0. The second kappa shape index (κ2) is 8.97. The molecule has 0 unspecified atom stereocenters. The van der Waals surface area contributed by atoms with E-state index >= 15 is 0 Å². The van der Waals surface area contributed by atoms with Crippen molar-refractivity contribution in [2.45, 2.75) is 6.92 Å². The highest BCUT2D eigenvalue weighted by atomic mass is 16.2. The number of fused-ring (bicyclic) bond motifs is 1. The van der Waals surface area contributed by atoms with Crippen LogP contribution in [0.3, 0.4) is 0 Å². The van der Waals surface area contributed by atoms with Gasteiger partial charge in [-0.3, -0.25) is 9.59 Å². The van der Waals surface area contributed by atoms with E-state index in [9.17, 15) is 9.59 Å². The Labute approximate surface area is 176 Å². The van der Waals surface area contributed by atoms with Gasteiger partial charge in [-0.25, -0.2) is 0 Å². The maximum Gasteiger partial charge on any atom is 0.270 e. The second-order valence-electron chi connectivity index (χ2n) is 7.44. The highest BCUT2D eigenvalue weighted by Crippen LogP contribution is 2.21. The van der Waals surface area contributed by atoms with Gasteiger partial charge in [-0.1, -0.05) is 37.3 Å². The van der Waals surface area contributed by atoms with Gasteiger partial charge in [0.1, 0.15) is 5.69 Å². The van der Waals surface area contributed by atoms with Crippen LogP contribution in [0.4, 0.5) is 5.69 Å². The van der Waals surface area contributed by atoms with E-state index in [0.717, 1.165) is 49.2 Å². The minimum Gasteiger partial charge on any atom is -0.351 e. The molecule has 154 valence electrons. The van der Waals surface area contributed by atoms with Gasteiger partial charge in [-0.05, 0) is 42.4 Å². The Bertz CT molecular complexity index is 1060. The molecule has 0 spiro atoms. The summed E-state index contributed by atoms with van der Waals surface area (Å²) in [5.74, 6) is -0.169. The highest BCUT2D eigenvalue weighted by molar-refractivity contribution is 6.04. The van der Waals surface area contributed by atoms with Gasteiger partial charge in [0.2, 0.25) is 5.91 Å². The first kappa shape index (κ1) is 19.9. The fourth-order valence-corrected chi connectivity index (χ4v) is 3.68. The lowest BCUT2D eigenvalue weighted by Crippen LogP contribution is -2.48. The lowest BCUT2D eigenvalue weighted by Gasteiger charge is -2.33. The molecule has 2 amide bonds. The molecule has 4 rings (SSSR count). The molecule has 6 heteroatoms. The molecule has 2 aromatic carbocycles. The van der Waals surface area contributed by atoms with Crippen molar-refractivity contribution in [3.8, 4) is 0 Å². The summed E-state index contributed by atoms with van der Waals surface area (Å²) in [4.78, 5) is 32.5. The average Bonchev–Trinajstić information content (AvgIpc) is 3.21. The van der Waals surface area contributed by atoms with Crippen LogP contribution in [0.2, 0.25) is 0 Å². The number of piperazine rings is 1. The zero-order valence-corrected chi connectivity index (χ0v) is 17.1. The summed E-state index contributed by atoms with van der Waals surface area (Å²) in [6.07, 6.45) is 3.29. The normalized spacial score (nSPS) is 15.0. The monoisotopic (exact) mass is 402 g/mol. The maximum absolute atomic E-state index is 12.8. The molecule has 1 aromatic heterocycles. The Morgan fingerprint density at radius 1 is 1.03 bits per heavy atom. The quantitative estimate of drug-likeness (QED) is 0.641. The largest absolute Gasteiger partial charge is 0.351 e. The van der Waals surface area contributed by atoms with Crippen LogP contribution < -0.4 is 5.32 Å². The number of nitrogens with one attached hydrogen (secondary N) is 2. The van der Waals surface area contributed by atoms with E-state index in [1.165, 1.54) is 6.08 Å². The molecular weight excluding hydrogens is 376 g/mol. The molecule has 6 nitrogen and oxygen atoms in total. The van der Waals surface area contributed by atoms with Crippen LogP contribution in [0.25, 0.3) is 17.0 Å². The minimum atomic E-state index is -0.196. The first-order valence-electron chi connectivity index (χ1n) is 10.3. The van der Waals surface area contributed by atoms with Crippen LogP contribution in [0.1, 0.15) is 23.0 Å². The lowest BCUT2D eigenvalue weighted by molar-refractivity contribution is -0.111. The summed E-state index contributed by atoms with van der Waals surface area (Å²) in [5, 5.41) is 3.78. The Hall–Kier alpha value is -3.38. The fraction of sp³-hybridized carbons (Fsp3) is 0.250. The van der Waals surface area contributed by atoms with Crippen LogP contribution in [0, 0.1) is 0 Å². The van der Waals surface area contributed by atoms with E-state index in [-0.39, 0.29) is 11.8 Å². The van der Waals surface area contributed by atoms with E-state index < -0.39 is 0 Å². The standard InChI is InChI=1S/C24H26N4O2/c1-2-27-12-14-28(15-13-27)24(30)22-17-19-16-20(9-10-21(19)26-22)25-23(29)11-8-18-6-4-3-5-7-18/h3-11,16-17,26H,2,12-15H2,1H3,(H,25,29)/b11-8+. The van der Waals surface area contributed by atoms with Crippen molar-refractivity contribution in [3.63, 3.8) is 0 Å². The highest BCUT2D eigenvalue weighted by Gasteiger charge is 2.22. The second-order valence-corrected chi connectivity index (χ2v) is 7.44. The molecule has 3 aromatic rings. The van der Waals surface area contributed by atoms with E-state index in [4.69, 9.17) is 0 Å². The number of nitrogens with zero attached hydrogens (tertiary/aromatic N) is 2. The number of benzene rings is 2. The lowest BCUT2D eigenvalue weighted by atomic mass is 10.2.